The van der Waals surface area contributed by atoms with Crippen molar-refractivity contribution < 1.29 is 22.6 Å². The number of rotatable bonds is 6. The van der Waals surface area contributed by atoms with Crippen molar-refractivity contribution in [1.82, 2.24) is 19.7 Å². The van der Waals surface area contributed by atoms with Crippen LogP contribution in [-0.4, -0.2) is 34.0 Å². The van der Waals surface area contributed by atoms with Crippen molar-refractivity contribution in [2.24, 2.45) is 0 Å². The molecule has 0 amide bonds. The van der Waals surface area contributed by atoms with Crippen molar-refractivity contribution in [1.29, 1.82) is 0 Å². The predicted molar refractivity (Wildman–Crippen MR) is 131 cm³/mol. The lowest BCUT2D eigenvalue weighted by atomic mass is 10.1. The fraction of sp³-hybridized carbons (Fsp3) is 0.115. The number of hydrogen-bond acceptors (Lipinski definition) is 6. The van der Waals surface area contributed by atoms with Gasteiger partial charge in [0.05, 0.1) is 36.2 Å². The fourth-order valence-corrected chi connectivity index (χ4v) is 4.36. The Morgan fingerprint density at radius 1 is 0.778 bits per heavy atom. The third-order valence-electron chi connectivity index (χ3n) is 5.41. The number of hydrogen-bond donors (Lipinski definition) is 0. The molecule has 36 heavy (non-hydrogen) atoms. The van der Waals surface area contributed by atoms with Gasteiger partial charge in [-0.25, -0.2) is 9.97 Å². The Morgan fingerprint density at radius 2 is 1.47 bits per heavy atom. The summed E-state index contributed by atoms with van der Waals surface area (Å²) in [5, 5.41) is 6.41. The van der Waals surface area contributed by atoms with Gasteiger partial charge in [0.25, 0.3) is 5.95 Å². The highest BCUT2D eigenvalue weighted by Crippen LogP contribution is 2.35. The van der Waals surface area contributed by atoms with Crippen LogP contribution in [0.3, 0.4) is 0 Å². The second-order valence-electron chi connectivity index (χ2n) is 7.70. The van der Waals surface area contributed by atoms with Crippen LogP contribution in [0.2, 0.25) is 0 Å². The number of benzene rings is 2. The number of thiophene rings is 1. The highest BCUT2D eigenvalue weighted by Gasteiger charge is 2.34. The van der Waals surface area contributed by atoms with Crippen LogP contribution in [0.25, 0.3) is 39.0 Å². The molecule has 2 aromatic carbocycles. The lowest BCUT2D eigenvalue weighted by Gasteiger charge is -2.12. The van der Waals surface area contributed by atoms with Gasteiger partial charge >= 0.3 is 6.18 Å². The number of alkyl halides is 3. The standard InChI is InChI=1S/C26H19F3N4O2S/c1-34-18-8-3-6-16(12-18)20-14-22(17-7-4-9-19(13-17)35-2)33(32-20)25-30-21(23-10-5-11-36-23)15-24(31-25)26(27,28)29/h3-15H,1-2H3. The molecule has 0 aliphatic carbocycles. The Kier molecular flexibility index (Phi) is 6.19. The number of ether oxygens (including phenoxy) is 2. The molecule has 3 heterocycles. The zero-order chi connectivity index (χ0) is 25.3. The van der Waals surface area contributed by atoms with Gasteiger partial charge < -0.3 is 9.47 Å². The summed E-state index contributed by atoms with van der Waals surface area (Å²) in [5.41, 5.74) is 1.54. The molecule has 0 spiro atoms. The molecule has 182 valence electrons. The molecular formula is C26H19F3N4O2S. The summed E-state index contributed by atoms with van der Waals surface area (Å²) in [6.45, 7) is 0. The Morgan fingerprint density at radius 3 is 2.11 bits per heavy atom. The zero-order valence-electron chi connectivity index (χ0n) is 19.2. The molecule has 0 bridgehead atoms. The minimum Gasteiger partial charge on any atom is -0.497 e. The second kappa shape index (κ2) is 9.46. The van der Waals surface area contributed by atoms with Gasteiger partial charge in [-0.2, -0.15) is 23.0 Å². The first-order valence-corrected chi connectivity index (χ1v) is 11.6. The third kappa shape index (κ3) is 4.67. The smallest absolute Gasteiger partial charge is 0.433 e. The quantitative estimate of drug-likeness (QED) is 0.254. The van der Waals surface area contributed by atoms with Crippen molar-refractivity contribution in [3.63, 3.8) is 0 Å². The molecule has 0 unspecified atom stereocenters. The molecular weight excluding hydrogens is 489 g/mol. The summed E-state index contributed by atoms with van der Waals surface area (Å²) in [4.78, 5) is 8.93. The number of aromatic nitrogens is 4. The molecule has 5 rings (SSSR count). The van der Waals surface area contributed by atoms with Crippen LogP contribution in [0.5, 0.6) is 11.5 Å². The van der Waals surface area contributed by atoms with E-state index in [1.807, 2.05) is 18.2 Å². The fourth-order valence-electron chi connectivity index (χ4n) is 3.67. The van der Waals surface area contributed by atoms with E-state index in [1.54, 1.807) is 68.1 Å². The molecule has 5 aromatic rings. The van der Waals surface area contributed by atoms with Crippen LogP contribution in [0.15, 0.2) is 78.2 Å². The summed E-state index contributed by atoms with van der Waals surface area (Å²) < 4.78 is 53.5. The van der Waals surface area contributed by atoms with E-state index in [2.05, 4.69) is 15.1 Å². The van der Waals surface area contributed by atoms with Gasteiger partial charge in [-0.05, 0) is 47.8 Å². The molecule has 0 fully saturated rings. The van der Waals surface area contributed by atoms with Gasteiger partial charge in [0, 0.05) is 11.1 Å². The van der Waals surface area contributed by atoms with E-state index in [1.165, 1.54) is 16.0 Å². The molecule has 0 radical (unpaired) electrons. The molecule has 0 saturated heterocycles. The summed E-state index contributed by atoms with van der Waals surface area (Å²) in [6, 6.07) is 20.6. The van der Waals surface area contributed by atoms with Crippen molar-refractivity contribution in [3.8, 4) is 50.5 Å². The largest absolute Gasteiger partial charge is 0.497 e. The molecule has 0 aliphatic heterocycles. The minimum atomic E-state index is -4.66. The first-order valence-electron chi connectivity index (χ1n) is 10.7. The molecule has 0 saturated carbocycles. The monoisotopic (exact) mass is 508 g/mol. The highest BCUT2D eigenvalue weighted by atomic mass is 32.1. The SMILES string of the molecule is COc1cccc(-c2cc(-c3cccc(OC)c3)n(-c3nc(-c4cccs4)cc(C(F)(F)F)n3)n2)c1. The predicted octanol–water partition coefficient (Wildman–Crippen LogP) is 6.76. The highest BCUT2D eigenvalue weighted by molar-refractivity contribution is 7.13. The third-order valence-corrected chi connectivity index (χ3v) is 6.30. The first kappa shape index (κ1) is 23.6. The summed E-state index contributed by atoms with van der Waals surface area (Å²) in [5.74, 6) is 1.02. The maximum atomic E-state index is 13.8. The lowest BCUT2D eigenvalue weighted by Crippen LogP contribution is -2.14. The maximum absolute atomic E-state index is 13.8. The van der Waals surface area contributed by atoms with Crippen molar-refractivity contribution in [3.05, 3.63) is 83.9 Å². The number of halogens is 3. The minimum absolute atomic E-state index is 0.164. The van der Waals surface area contributed by atoms with E-state index in [-0.39, 0.29) is 11.6 Å². The second-order valence-corrected chi connectivity index (χ2v) is 8.65. The molecule has 10 heteroatoms. The van der Waals surface area contributed by atoms with Crippen LogP contribution in [0.4, 0.5) is 13.2 Å². The van der Waals surface area contributed by atoms with Crippen LogP contribution < -0.4 is 9.47 Å². The number of methoxy groups -OCH3 is 2. The summed E-state index contributed by atoms with van der Waals surface area (Å²) in [7, 11) is 3.10. The average Bonchev–Trinajstić information content (AvgIpc) is 3.59. The van der Waals surface area contributed by atoms with E-state index in [4.69, 9.17) is 9.47 Å². The van der Waals surface area contributed by atoms with Gasteiger partial charge in [-0.3, -0.25) is 0 Å². The number of nitrogens with zero attached hydrogens (tertiary/aromatic N) is 4. The van der Waals surface area contributed by atoms with E-state index in [0.717, 1.165) is 11.6 Å². The van der Waals surface area contributed by atoms with Crippen LogP contribution in [0.1, 0.15) is 5.69 Å². The van der Waals surface area contributed by atoms with Crippen molar-refractivity contribution in [2.75, 3.05) is 14.2 Å². The van der Waals surface area contributed by atoms with Crippen LogP contribution in [0, 0.1) is 0 Å². The summed E-state index contributed by atoms with van der Waals surface area (Å²) in [6.07, 6.45) is -4.66. The Labute approximate surface area is 208 Å². The van der Waals surface area contributed by atoms with Crippen LogP contribution in [-0.2, 0) is 6.18 Å². The van der Waals surface area contributed by atoms with Crippen molar-refractivity contribution in [2.45, 2.75) is 6.18 Å². The first-order chi connectivity index (χ1) is 17.4. The van der Waals surface area contributed by atoms with E-state index in [9.17, 15) is 13.2 Å². The maximum Gasteiger partial charge on any atom is 0.433 e. The summed E-state index contributed by atoms with van der Waals surface area (Å²) >= 11 is 1.29. The molecule has 0 N–H and O–H groups in total. The van der Waals surface area contributed by atoms with Gasteiger partial charge in [-0.1, -0.05) is 30.3 Å². The lowest BCUT2D eigenvalue weighted by molar-refractivity contribution is -0.141. The van der Waals surface area contributed by atoms with Crippen molar-refractivity contribution >= 4 is 11.3 Å². The molecule has 0 atom stereocenters. The van der Waals surface area contributed by atoms with E-state index < -0.39 is 11.9 Å². The van der Waals surface area contributed by atoms with Gasteiger partial charge in [0.15, 0.2) is 5.69 Å². The topological polar surface area (TPSA) is 62.1 Å². The van der Waals surface area contributed by atoms with Crippen LogP contribution >= 0.6 is 11.3 Å². The Hall–Kier alpha value is -4.18. The normalized spacial score (nSPS) is 11.5. The van der Waals surface area contributed by atoms with E-state index >= 15 is 0 Å². The molecule has 0 aliphatic rings. The van der Waals surface area contributed by atoms with E-state index in [0.29, 0.717) is 33.3 Å². The Balaban J connectivity index is 1.75. The van der Waals surface area contributed by atoms with Gasteiger partial charge in [0.2, 0.25) is 0 Å². The molecule has 6 nitrogen and oxygen atoms in total. The molecule has 3 aromatic heterocycles. The Bertz CT molecular complexity index is 1510. The van der Waals surface area contributed by atoms with Gasteiger partial charge in [-0.15, -0.1) is 11.3 Å². The zero-order valence-corrected chi connectivity index (χ0v) is 20.0. The average molecular weight is 509 g/mol. The van der Waals surface area contributed by atoms with Gasteiger partial charge in [0.1, 0.15) is 11.5 Å².